The third-order valence-electron chi connectivity index (χ3n) is 2.38. The Morgan fingerprint density at radius 2 is 1.72 bits per heavy atom. The first kappa shape index (κ1) is 12.7. The quantitative estimate of drug-likeness (QED) is 0.742. The molecule has 2 aromatic carbocycles. The van der Waals surface area contributed by atoms with Gasteiger partial charge in [0.15, 0.2) is 0 Å². The molecule has 0 heterocycles. The Bertz CT molecular complexity index is 517. The van der Waals surface area contributed by atoms with Gasteiger partial charge in [0.25, 0.3) is 0 Å². The number of aliphatic imine (C=N–C) groups is 1. The van der Waals surface area contributed by atoms with E-state index in [2.05, 4.69) is 4.99 Å². The second-order valence-electron chi connectivity index (χ2n) is 3.74. The summed E-state index contributed by atoms with van der Waals surface area (Å²) in [5, 5.41) is 0.730. The molecule has 3 heteroatoms. The maximum absolute atomic E-state index is 5.82. The number of benzene rings is 2. The molecule has 2 rings (SSSR count). The van der Waals surface area contributed by atoms with Crippen LogP contribution in [0.1, 0.15) is 12.5 Å². The molecule has 0 aliphatic rings. The Kier molecular flexibility index (Phi) is 4.37. The highest BCUT2D eigenvalue weighted by Gasteiger charge is 1.93. The fourth-order valence-electron chi connectivity index (χ4n) is 1.49. The van der Waals surface area contributed by atoms with Crippen molar-refractivity contribution < 1.29 is 4.74 Å². The molecule has 2 aromatic rings. The zero-order chi connectivity index (χ0) is 12.8. The normalized spacial score (nSPS) is 10.8. The third-order valence-corrected chi connectivity index (χ3v) is 2.63. The standard InChI is InChI=1S/C15H14ClNO/c1-2-18-15-9-7-14(8-10-15)17-11-12-3-5-13(16)6-4-12/h3-11H,2H2,1H3. The van der Waals surface area contributed by atoms with Gasteiger partial charge in [-0.15, -0.1) is 0 Å². The summed E-state index contributed by atoms with van der Waals surface area (Å²) in [6, 6.07) is 15.2. The van der Waals surface area contributed by atoms with E-state index in [9.17, 15) is 0 Å². The van der Waals surface area contributed by atoms with Crippen LogP contribution in [0.15, 0.2) is 53.5 Å². The Balaban J connectivity index is 2.06. The van der Waals surface area contributed by atoms with Crippen LogP contribution in [-0.2, 0) is 0 Å². The van der Waals surface area contributed by atoms with Gasteiger partial charge in [0.05, 0.1) is 12.3 Å². The first-order valence-electron chi connectivity index (χ1n) is 5.80. The van der Waals surface area contributed by atoms with Crippen LogP contribution in [0.2, 0.25) is 5.02 Å². The van der Waals surface area contributed by atoms with E-state index in [0.29, 0.717) is 6.61 Å². The molecule has 0 bridgehead atoms. The van der Waals surface area contributed by atoms with E-state index in [1.807, 2.05) is 61.7 Å². The first-order chi connectivity index (χ1) is 8.78. The lowest BCUT2D eigenvalue weighted by molar-refractivity contribution is 0.340. The summed E-state index contributed by atoms with van der Waals surface area (Å²) in [6.45, 7) is 2.64. The van der Waals surface area contributed by atoms with Crippen molar-refractivity contribution >= 4 is 23.5 Å². The molecular formula is C15H14ClNO. The van der Waals surface area contributed by atoms with E-state index >= 15 is 0 Å². The van der Waals surface area contributed by atoms with Crippen LogP contribution in [-0.4, -0.2) is 12.8 Å². The molecular weight excluding hydrogens is 246 g/mol. The summed E-state index contributed by atoms with van der Waals surface area (Å²) in [5.41, 5.74) is 1.92. The molecule has 18 heavy (non-hydrogen) atoms. The third kappa shape index (κ3) is 3.60. The average molecular weight is 260 g/mol. The zero-order valence-corrected chi connectivity index (χ0v) is 10.9. The molecule has 0 saturated carbocycles. The van der Waals surface area contributed by atoms with Gasteiger partial charge in [-0.05, 0) is 48.9 Å². The van der Waals surface area contributed by atoms with Crippen molar-refractivity contribution in [3.63, 3.8) is 0 Å². The Hall–Kier alpha value is -1.80. The van der Waals surface area contributed by atoms with Crippen molar-refractivity contribution in [1.82, 2.24) is 0 Å². The number of hydrogen-bond acceptors (Lipinski definition) is 2. The fraction of sp³-hybridized carbons (Fsp3) is 0.133. The van der Waals surface area contributed by atoms with Crippen molar-refractivity contribution in [2.24, 2.45) is 4.99 Å². The van der Waals surface area contributed by atoms with Crippen molar-refractivity contribution in [1.29, 1.82) is 0 Å². The number of halogens is 1. The molecule has 0 spiro atoms. The SMILES string of the molecule is CCOc1ccc(N=Cc2ccc(Cl)cc2)cc1. The molecule has 0 aliphatic heterocycles. The molecule has 0 atom stereocenters. The predicted octanol–water partition coefficient (Wildman–Crippen LogP) is 4.49. The van der Waals surface area contributed by atoms with Crippen LogP contribution < -0.4 is 4.74 Å². The summed E-state index contributed by atoms with van der Waals surface area (Å²) in [6.07, 6.45) is 1.81. The molecule has 0 unspecified atom stereocenters. The van der Waals surface area contributed by atoms with Crippen LogP contribution in [0.5, 0.6) is 5.75 Å². The van der Waals surface area contributed by atoms with Gasteiger partial charge < -0.3 is 4.74 Å². The second-order valence-corrected chi connectivity index (χ2v) is 4.17. The highest BCUT2D eigenvalue weighted by molar-refractivity contribution is 6.30. The topological polar surface area (TPSA) is 21.6 Å². The minimum atomic E-state index is 0.674. The lowest BCUT2D eigenvalue weighted by Crippen LogP contribution is -1.89. The molecule has 0 amide bonds. The number of hydrogen-bond donors (Lipinski definition) is 0. The van der Waals surface area contributed by atoms with E-state index in [-0.39, 0.29) is 0 Å². The van der Waals surface area contributed by atoms with E-state index in [4.69, 9.17) is 16.3 Å². The van der Waals surface area contributed by atoms with E-state index < -0.39 is 0 Å². The van der Waals surface area contributed by atoms with E-state index in [0.717, 1.165) is 22.0 Å². The lowest BCUT2D eigenvalue weighted by atomic mass is 10.2. The maximum atomic E-state index is 5.82. The second kappa shape index (κ2) is 6.22. The van der Waals surface area contributed by atoms with Gasteiger partial charge in [-0.2, -0.15) is 0 Å². The smallest absolute Gasteiger partial charge is 0.119 e. The van der Waals surface area contributed by atoms with Crippen LogP contribution in [0.3, 0.4) is 0 Å². The van der Waals surface area contributed by atoms with E-state index in [1.54, 1.807) is 0 Å². The Morgan fingerprint density at radius 3 is 2.33 bits per heavy atom. The molecule has 0 N–H and O–H groups in total. The van der Waals surface area contributed by atoms with Crippen molar-refractivity contribution in [3.8, 4) is 5.75 Å². The molecule has 92 valence electrons. The molecule has 0 saturated heterocycles. The van der Waals surface area contributed by atoms with Gasteiger partial charge in [-0.25, -0.2) is 0 Å². The Morgan fingerprint density at radius 1 is 1.06 bits per heavy atom. The van der Waals surface area contributed by atoms with Crippen LogP contribution in [0.4, 0.5) is 5.69 Å². The summed E-state index contributed by atoms with van der Waals surface area (Å²) in [5.74, 6) is 0.864. The van der Waals surface area contributed by atoms with Crippen molar-refractivity contribution in [3.05, 3.63) is 59.1 Å². The molecule has 0 fully saturated rings. The minimum Gasteiger partial charge on any atom is -0.494 e. The van der Waals surface area contributed by atoms with E-state index in [1.165, 1.54) is 0 Å². The zero-order valence-electron chi connectivity index (χ0n) is 10.1. The number of nitrogens with zero attached hydrogens (tertiary/aromatic N) is 1. The molecule has 0 aromatic heterocycles. The summed E-state index contributed by atoms with van der Waals surface area (Å²) in [7, 11) is 0. The minimum absolute atomic E-state index is 0.674. The van der Waals surface area contributed by atoms with Crippen LogP contribution in [0, 0.1) is 0 Å². The van der Waals surface area contributed by atoms with Gasteiger partial charge in [-0.3, -0.25) is 4.99 Å². The Labute approximate surface area is 112 Å². The lowest BCUT2D eigenvalue weighted by Gasteiger charge is -2.02. The summed E-state index contributed by atoms with van der Waals surface area (Å²) < 4.78 is 5.37. The van der Waals surface area contributed by atoms with Gasteiger partial charge in [0.2, 0.25) is 0 Å². The van der Waals surface area contributed by atoms with Gasteiger partial charge in [-0.1, -0.05) is 23.7 Å². The summed E-state index contributed by atoms with van der Waals surface area (Å²) in [4.78, 5) is 4.38. The molecule has 0 radical (unpaired) electrons. The van der Waals surface area contributed by atoms with Gasteiger partial charge in [0.1, 0.15) is 5.75 Å². The number of rotatable bonds is 4. The molecule has 2 nitrogen and oxygen atoms in total. The predicted molar refractivity (Wildman–Crippen MR) is 76.3 cm³/mol. The van der Waals surface area contributed by atoms with Gasteiger partial charge in [0, 0.05) is 11.2 Å². The van der Waals surface area contributed by atoms with Crippen LogP contribution >= 0.6 is 11.6 Å². The number of ether oxygens (including phenoxy) is 1. The van der Waals surface area contributed by atoms with Crippen molar-refractivity contribution in [2.75, 3.05) is 6.61 Å². The first-order valence-corrected chi connectivity index (χ1v) is 6.18. The highest BCUT2D eigenvalue weighted by Crippen LogP contribution is 2.18. The monoisotopic (exact) mass is 259 g/mol. The van der Waals surface area contributed by atoms with Crippen LogP contribution in [0.25, 0.3) is 0 Å². The summed E-state index contributed by atoms with van der Waals surface area (Å²) >= 11 is 5.82. The highest BCUT2D eigenvalue weighted by atomic mass is 35.5. The maximum Gasteiger partial charge on any atom is 0.119 e. The van der Waals surface area contributed by atoms with Crippen molar-refractivity contribution in [2.45, 2.75) is 6.92 Å². The fourth-order valence-corrected chi connectivity index (χ4v) is 1.62. The van der Waals surface area contributed by atoms with Gasteiger partial charge >= 0.3 is 0 Å². The largest absolute Gasteiger partial charge is 0.494 e. The molecule has 0 aliphatic carbocycles. The average Bonchev–Trinajstić information content (AvgIpc) is 2.40.